The molecule has 3 rings (SSSR count). The van der Waals surface area contributed by atoms with E-state index < -0.39 is 0 Å². The molecule has 1 aliphatic rings. The molecule has 0 spiro atoms. The van der Waals surface area contributed by atoms with Crippen molar-refractivity contribution in [3.8, 4) is 0 Å². The van der Waals surface area contributed by atoms with E-state index in [-0.39, 0.29) is 23.9 Å². The summed E-state index contributed by atoms with van der Waals surface area (Å²) in [6.07, 6.45) is 1.92. The number of hydrogen-bond donors (Lipinski definition) is 2. The van der Waals surface area contributed by atoms with E-state index in [1.165, 1.54) is 0 Å². The average molecular weight is 473 g/mol. The lowest BCUT2D eigenvalue weighted by Crippen LogP contribution is -2.40. The SMILES string of the molecule is CC(=O)N1CCC(CN(C)c2cc(Cl)cc(C(=O)NCc3c(C)cc(C)[nH]c3=O)c2C)CC1. The lowest BCUT2D eigenvalue weighted by atomic mass is 9.95. The third-order valence-electron chi connectivity index (χ3n) is 6.51. The maximum absolute atomic E-state index is 13.0. The van der Waals surface area contributed by atoms with Crippen LogP contribution in [0.25, 0.3) is 0 Å². The van der Waals surface area contributed by atoms with Gasteiger partial charge < -0.3 is 20.1 Å². The van der Waals surface area contributed by atoms with Crippen LogP contribution in [0.3, 0.4) is 0 Å². The Bertz CT molecular complexity index is 1100. The van der Waals surface area contributed by atoms with Gasteiger partial charge in [-0.05, 0) is 68.9 Å². The van der Waals surface area contributed by atoms with Gasteiger partial charge in [-0.2, -0.15) is 0 Å². The number of aryl methyl sites for hydroxylation is 2. The predicted molar refractivity (Wildman–Crippen MR) is 132 cm³/mol. The third kappa shape index (κ3) is 5.96. The minimum atomic E-state index is -0.265. The van der Waals surface area contributed by atoms with Crippen LogP contribution in [0.15, 0.2) is 23.0 Å². The van der Waals surface area contributed by atoms with Crippen molar-refractivity contribution in [3.63, 3.8) is 0 Å². The van der Waals surface area contributed by atoms with Gasteiger partial charge in [-0.25, -0.2) is 0 Å². The van der Waals surface area contributed by atoms with Crippen LogP contribution in [0.4, 0.5) is 5.69 Å². The summed E-state index contributed by atoms with van der Waals surface area (Å²) in [4.78, 5) is 43.7. The van der Waals surface area contributed by atoms with E-state index >= 15 is 0 Å². The Morgan fingerprint density at radius 1 is 1.18 bits per heavy atom. The summed E-state index contributed by atoms with van der Waals surface area (Å²) in [5.74, 6) is 0.335. The van der Waals surface area contributed by atoms with Gasteiger partial charge in [-0.15, -0.1) is 0 Å². The lowest BCUT2D eigenvalue weighted by Gasteiger charge is -2.34. The zero-order valence-electron chi connectivity index (χ0n) is 20.0. The average Bonchev–Trinajstić information content (AvgIpc) is 2.74. The Kier molecular flexibility index (Phi) is 7.84. The third-order valence-corrected chi connectivity index (χ3v) is 6.73. The largest absolute Gasteiger partial charge is 0.374 e. The maximum Gasteiger partial charge on any atom is 0.253 e. The Hall–Kier alpha value is -2.80. The molecule has 2 N–H and O–H groups in total. The summed E-state index contributed by atoms with van der Waals surface area (Å²) in [5, 5.41) is 3.36. The quantitative estimate of drug-likeness (QED) is 0.672. The summed E-state index contributed by atoms with van der Waals surface area (Å²) in [6, 6.07) is 5.44. The molecule has 0 unspecified atom stereocenters. The number of nitrogens with one attached hydrogen (secondary N) is 2. The number of rotatable bonds is 6. The molecule has 1 aromatic heterocycles. The van der Waals surface area contributed by atoms with Gasteiger partial charge >= 0.3 is 0 Å². The fourth-order valence-corrected chi connectivity index (χ4v) is 4.79. The fourth-order valence-electron chi connectivity index (χ4n) is 4.58. The molecule has 0 saturated carbocycles. The summed E-state index contributed by atoms with van der Waals surface area (Å²) >= 11 is 6.39. The van der Waals surface area contributed by atoms with Crippen molar-refractivity contribution in [2.75, 3.05) is 31.6 Å². The predicted octanol–water partition coefficient (Wildman–Crippen LogP) is 3.58. The molecule has 2 heterocycles. The van der Waals surface area contributed by atoms with E-state index in [1.807, 2.05) is 44.9 Å². The molecule has 1 fully saturated rings. The number of piperidine rings is 1. The van der Waals surface area contributed by atoms with Crippen LogP contribution < -0.4 is 15.8 Å². The van der Waals surface area contributed by atoms with Crippen LogP contribution in [0.1, 0.15) is 52.5 Å². The molecule has 0 aliphatic carbocycles. The first-order valence-electron chi connectivity index (χ1n) is 11.3. The van der Waals surface area contributed by atoms with E-state index in [9.17, 15) is 14.4 Å². The summed E-state index contributed by atoms with van der Waals surface area (Å²) < 4.78 is 0. The van der Waals surface area contributed by atoms with Gasteiger partial charge in [0.2, 0.25) is 5.91 Å². The Morgan fingerprint density at radius 2 is 1.85 bits per heavy atom. The highest BCUT2D eigenvalue weighted by molar-refractivity contribution is 6.31. The van der Waals surface area contributed by atoms with Crippen molar-refractivity contribution in [1.29, 1.82) is 0 Å². The summed E-state index contributed by atoms with van der Waals surface area (Å²) in [7, 11) is 2.01. The molecule has 1 saturated heterocycles. The second-order valence-electron chi connectivity index (χ2n) is 9.05. The topological polar surface area (TPSA) is 85.5 Å². The minimum Gasteiger partial charge on any atom is -0.374 e. The van der Waals surface area contributed by atoms with Crippen LogP contribution in [0, 0.1) is 26.7 Å². The molecular formula is C25H33ClN4O3. The summed E-state index contributed by atoms with van der Waals surface area (Å²) in [5.41, 5.74) is 4.24. The highest BCUT2D eigenvalue weighted by Crippen LogP contribution is 2.29. The Balaban J connectivity index is 1.72. The highest BCUT2D eigenvalue weighted by Gasteiger charge is 2.23. The lowest BCUT2D eigenvalue weighted by molar-refractivity contribution is -0.130. The van der Waals surface area contributed by atoms with Crippen molar-refractivity contribution in [1.82, 2.24) is 15.2 Å². The first-order valence-corrected chi connectivity index (χ1v) is 11.7. The first kappa shape index (κ1) is 24.8. The van der Waals surface area contributed by atoms with E-state index in [0.29, 0.717) is 22.1 Å². The van der Waals surface area contributed by atoms with Gasteiger partial charge in [0.1, 0.15) is 0 Å². The van der Waals surface area contributed by atoms with Gasteiger partial charge in [-0.3, -0.25) is 14.4 Å². The van der Waals surface area contributed by atoms with Gasteiger partial charge in [0, 0.05) is 67.7 Å². The van der Waals surface area contributed by atoms with E-state index in [0.717, 1.165) is 55.0 Å². The molecule has 7 nitrogen and oxygen atoms in total. The molecule has 2 aromatic rings. The van der Waals surface area contributed by atoms with Crippen LogP contribution in [0.5, 0.6) is 0 Å². The molecule has 8 heteroatoms. The van der Waals surface area contributed by atoms with Crippen LogP contribution in [-0.4, -0.2) is 48.4 Å². The molecule has 1 aliphatic heterocycles. The normalized spacial score (nSPS) is 14.3. The van der Waals surface area contributed by atoms with E-state index in [1.54, 1.807) is 13.0 Å². The monoisotopic (exact) mass is 472 g/mol. The molecular weight excluding hydrogens is 440 g/mol. The number of halogens is 1. The number of H-pyrrole nitrogens is 1. The fraction of sp³-hybridized carbons (Fsp3) is 0.480. The van der Waals surface area contributed by atoms with Gasteiger partial charge in [0.15, 0.2) is 0 Å². The first-order chi connectivity index (χ1) is 15.6. The van der Waals surface area contributed by atoms with Crippen molar-refractivity contribution >= 4 is 29.1 Å². The number of hydrogen-bond acceptors (Lipinski definition) is 4. The zero-order chi connectivity index (χ0) is 24.3. The smallest absolute Gasteiger partial charge is 0.253 e. The number of nitrogens with zero attached hydrogens (tertiary/aromatic N) is 2. The number of pyridine rings is 1. The zero-order valence-corrected chi connectivity index (χ0v) is 20.8. The number of carbonyl (C=O) groups is 2. The van der Waals surface area contributed by atoms with Crippen molar-refractivity contribution < 1.29 is 9.59 Å². The summed E-state index contributed by atoms with van der Waals surface area (Å²) in [6.45, 7) is 9.77. The molecule has 0 atom stereocenters. The van der Waals surface area contributed by atoms with Crippen molar-refractivity contribution in [3.05, 3.63) is 61.5 Å². The van der Waals surface area contributed by atoms with Crippen molar-refractivity contribution in [2.45, 2.75) is 47.1 Å². The molecule has 2 amide bonds. The Morgan fingerprint density at radius 3 is 2.45 bits per heavy atom. The molecule has 0 bridgehead atoms. The molecule has 1 aromatic carbocycles. The number of aromatic nitrogens is 1. The molecule has 0 radical (unpaired) electrons. The minimum absolute atomic E-state index is 0.131. The number of amides is 2. The number of anilines is 1. The number of aromatic amines is 1. The number of likely N-dealkylation sites (tertiary alicyclic amines) is 1. The molecule has 178 valence electrons. The van der Waals surface area contributed by atoms with Crippen molar-refractivity contribution in [2.24, 2.45) is 5.92 Å². The van der Waals surface area contributed by atoms with Gasteiger partial charge in [0.25, 0.3) is 11.5 Å². The van der Waals surface area contributed by atoms with Gasteiger partial charge in [0.05, 0.1) is 0 Å². The highest BCUT2D eigenvalue weighted by atomic mass is 35.5. The molecule has 33 heavy (non-hydrogen) atoms. The van der Waals surface area contributed by atoms with E-state index in [2.05, 4.69) is 15.2 Å². The van der Waals surface area contributed by atoms with Crippen LogP contribution in [-0.2, 0) is 11.3 Å². The van der Waals surface area contributed by atoms with Crippen LogP contribution >= 0.6 is 11.6 Å². The second-order valence-corrected chi connectivity index (χ2v) is 9.49. The second kappa shape index (κ2) is 10.4. The number of carbonyl (C=O) groups excluding carboxylic acids is 2. The van der Waals surface area contributed by atoms with Gasteiger partial charge in [-0.1, -0.05) is 11.6 Å². The van der Waals surface area contributed by atoms with E-state index in [4.69, 9.17) is 11.6 Å². The number of benzene rings is 1. The van der Waals surface area contributed by atoms with Crippen LogP contribution in [0.2, 0.25) is 5.02 Å². The standard InChI is InChI=1S/C25H33ClN4O3/c1-15-10-16(2)28-25(33)22(15)13-27-24(32)21-11-20(26)12-23(17(21)3)29(5)14-19-6-8-30(9-7-19)18(4)31/h10-12,19H,6-9,13-14H2,1-5H3,(H,27,32)(H,28,33). The maximum atomic E-state index is 13.0. The Labute approximate surface area is 200 Å².